The molecule has 0 rings (SSSR count). The van der Waals surface area contributed by atoms with Gasteiger partial charge in [-0.1, -0.05) is 39.0 Å². The molecule has 0 heterocycles. The third-order valence-electron chi connectivity index (χ3n) is 2.50. The normalized spacial score (nSPS) is 10.1. The predicted octanol–water partition coefficient (Wildman–Crippen LogP) is 2.74. The smallest absolute Gasteiger partial charge is 0.226 e. The lowest BCUT2D eigenvalue weighted by molar-refractivity contribution is -0.142. The summed E-state index contributed by atoms with van der Waals surface area (Å²) >= 11 is 0. The van der Waals surface area contributed by atoms with Crippen LogP contribution in [0.3, 0.4) is 0 Å². The van der Waals surface area contributed by atoms with Crippen LogP contribution in [0.15, 0.2) is 0 Å². The number of hydrogen-bond donors (Lipinski definition) is 0. The zero-order valence-electron chi connectivity index (χ0n) is 10.2. The fraction of sp³-hybridized carbons (Fsp3) is 0.833. The highest BCUT2D eigenvalue weighted by Gasteiger charge is 2.11. The molecule has 0 N–H and O–H groups in total. The van der Waals surface area contributed by atoms with Crippen LogP contribution in [0.5, 0.6) is 0 Å². The van der Waals surface area contributed by atoms with Gasteiger partial charge in [-0.2, -0.15) is 0 Å². The number of imide groups is 1. The first-order valence-electron chi connectivity index (χ1n) is 5.88. The molecule has 15 heavy (non-hydrogen) atoms. The topological polar surface area (TPSA) is 37.4 Å². The van der Waals surface area contributed by atoms with Gasteiger partial charge in [-0.05, 0) is 6.42 Å². The number of unbranched alkanes of at least 4 members (excludes halogenated alkanes) is 5. The Morgan fingerprint density at radius 2 is 1.33 bits per heavy atom. The highest BCUT2D eigenvalue weighted by Crippen LogP contribution is 2.06. The molecule has 0 aromatic carbocycles. The first-order valence-corrected chi connectivity index (χ1v) is 5.88. The molecule has 0 fully saturated rings. The molecule has 0 radical (unpaired) electrons. The van der Waals surface area contributed by atoms with E-state index in [1.807, 2.05) is 0 Å². The Labute approximate surface area is 92.8 Å². The molecule has 0 bridgehead atoms. The van der Waals surface area contributed by atoms with Gasteiger partial charge in [0.05, 0.1) is 0 Å². The quantitative estimate of drug-likeness (QED) is 0.610. The second-order valence-corrected chi connectivity index (χ2v) is 3.96. The van der Waals surface area contributed by atoms with Crippen LogP contribution in [0.1, 0.15) is 59.3 Å². The van der Waals surface area contributed by atoms with Crippen molar-refractivity contribution in [2.24, 2.45) is 0 Å². The van der Waals surface area contributed by atoms with Gasteiger partial charge in [0.2, 0.25) is 11.8 Å². The van der Waals surface area contributed by atoms with E-state index in [9.17, 15) is 9.59 Å². The molecule has 0 saturated carbocycles. The first kappa shape index (κ1) is 14.1. The molecule has 0 saturated heterocycles. The van der Waals surface area contributed by atoms with Gasteiger partial charge in [0.1, 0.15) is 0 Å². The van der Waals surface area contributed by atoms with Crippen molar-refractivity contribution in [3.05, 3.63) is 0 Å². The zero-order chi connectivity index (χ0) is 11.7. The SMILES string of the molecule is CCCCCCCCN(C(C)=O)C(C)=O. The summed E-state index contributed by atoms with van der Waals surface area (Å²) in [5.74, 6) is -0.285. The van der Waals surface area contributed by atoms with Gasteiger partial charge in [-0.3, -0.25) is 14.5 Å². The summed E-state index contributed by atoms with van der Waals surface area (Å²) in [6, 6.07) is 0. The van der Waals surface area contributed by atoms with E-state index in [4.69, 9.17) is 0 Å². The number of amides is 2. The van der Waals surface area contributed by atoms with E-state index in [-0.39, 0.29) is 11.8 Å². The predicted molar refractivity (Wildman–Crippen MR) is 61.4 cm³/mol. The Morgan fingerprint density at radius 1 is 0.867 bits per heavy atom. The van der Waals surface area contributed by atoms with Crippen LogP contribution in [0.25, 0.3) is 0 Å². The second-order valence-electron chi connectivity index (χ2n) is 3.96. The molecular formula is C12H23NO2. The number of carbonyl (C=O) groups is 2. The lowest BCUT2D eigenvalue weighted by Gasteiger charge is -2.16. The largest absolute Gasteiger partial charge is 0.283 e. The zero-order valence-corrected chi connectivity index (χ0v) is 10.2. The molecule has 0 atom stereocenters. The van der Waals surface area contributed by atoms with Crippen molar-refractivity contribution in [1.29, 1.82) is 0 Å². The summed E-state index contributed by atoms with van der Waals surface area (Å²) in [4.78, 5) is 23.4. The van der Waals surface area contributed by atoms with Gasteiger partial charge in [0, 0.05) is 20.4 Å². The van der Waals surface area contributed by atoms with Crippen molar-refractivity contribution in [3.63, 3.8) is 0 Å². The van der Waals surface area contributed by atoms with Gasteiger partial charge in [0.15, 0.2) is 0 Å². The van der Waals surface area contributed by atoms with Crippen molar-refractivity contribution < 1.29 is 9.59 Å². The number of carbonyl (C=O) groups excluding carboxylic acids is 2. The van der Waals surface area contributed by atoms with E-state index in [1.165, 1.54) is 44.4 Å². The molecule has 0 aliphatic heterocycles. The molecule has 0 unspecified atom stereocenters. The van der Waals surface area contributed by atoms with E-state index < -0.39 is 0 Å². The highest BCUT2D eigenvalue weighted by molar-refractivity contribution is 5.92. The highest BCUT2D eigenvalue weighted by atomic mass is 16.2. The molecular weight excluding hydrogens is 190 g/mol. The van der Waals surface area contributed by atoms with Crippen molar-refractivity contribution in [2.75, 3.05) is 6.54 Å². The van der Waals surface area contributed by atoms with Crippen molar-refractivity contribution in [2.45, 2.75) is 59.3 Å². The third-order valence-corrected chi connectivity index (χ3v) is 2.50. The maximum Gasteiger partial charge on any atom is 0.226 e. The molecule has 3 heteroatoms. The Morgan fingerprint density at radius 3 is 1.80 bits per heavy atom. The van der Waals surface area contributed by atoms with Crippen LogP contribution < -0.4 is 0 Å². The molecule has 0 aromatic rings. The molecule has 0 aliphatic rings. The van der Waals surface area contributed by atoms with Gasteiger partial charge in [-0.25, -0.2) is 0 Å². The standard InChI is InChI=1S/C12H23NO2/c1-4-5-6-7-8-9-10-13(11(2)14)12(3)15/h4-10H2,1-3H3. The van der Waals surface area contributed by atoms with Gasteiger partial charge < -0.3 is 0 Å². The third kappa shape index (κ3) is 7.11. The average molecular weight is 213 g/mol. The monoisotopic (exact) mass is 213 g/mol. The minimum absolute atomic E-state index is 0.143. The van der Waals surface area contributed by atoms with Gasteiger partial charge in [-0.15, -0.1) is 0 Å². The Hall–Kier alpha value is -0.860. The van der Waals surface area contributed by atoms with E-state index in [0.29, 0.717) is 6.54 Å². The van der Waals surface area contributed by atoms with Crippen LogP contribution in [0.4, 0.5) is 0 Å². The van der Waals surface area contributed by atoms with E-state index in [0.717, 1.165) is 12.8 Å². The van der Waals surface area contributed by atoms with Crippen LogP contribution in [-0.4, -0.2) is 23.3 Å². The molecule has 2 amide bonds. The minimum Gasteiger partial charge on any atom is -0.283 e. The summed E-state index contributed by atoms with van der Waals surface area (Å²) in [5.41, 5.74) is 0. The maximum atomic E-state index is 11.1. The van der Waals surface area contributed by atoms with Gasteiger partial charge >= 0.3 is 0 Å². The first-order chi connectivity index (χ1) is 7.09. The summed E-state index contributed by atoms with van der Waals surface area (Å²) in [5, 5.41) is 0. The van der Waals surface area contributed by atoms with Crippen molar-refractivity contribution in [3.8, 4) is 0 Å². The van der Waals surface area contributed by atoms with Crippen LogP contribution in [-0.2, 0) is 9.59 Å². The molecule has 0 aromatic heterocycles. The summed E-state index contributed by atoms with van der Waals surface area (Å²) in [7, 11) is 0. The summed E-state index contributed by atoms with van der Waals surface area (Å²) in [6.45, 7) is 5.65. The molecule has 0 spiro atoms. The molecule has 88 valence electrons. The maximum absolute atomic E-state index is 11.1. The van der Waals surface area contributed by atoms with Crippen molar-refractivity contribution in [1.82, 2.24) is 4.90 Å². The van der Waals surface area contributed by atoms with Crippen LogP contribution >= 0.6 is 0 Å². The molecule has 3 nitrogen and oxygen atoms in total. The Bertz CT molecular complexity index is 188. The fourth-order valence-corrected chi connectivity index (χ4v) is 1.59. The van der Waals surface area contributed by atoms with E-state index in [1.54, 1.807) is 0 Å². The minimum atomic E-state index is -0.143. The van der Waals surface area contributed by atoms with Crippen LogP contribution in [0, 0.1) is 0 Å². The lowest BCUT2D eigenvalue weighted by atomic mass is 10.1. The summed E-state index contributed by atoms with van der Waals surface area (Å²) in [6.07, 6.45) is 7.03. The van der Waals surface area contributed by atoms with E-state index >= 15 is 0 Å². The average Bonchev–Trinajstić information content (AvgIpc) is 2.15. The van der Waals surface area contributed by atoms with Crippen molar-refractivity contribution >= 4 is 11.8 Å². The number of nitrogens with zero attached hydrogens (tertiary/aromatic N) is 1. The fourth-order valence-electron chi connectivity index (χ4n) is 1.59. The number of rotatable bonds is 7. The van der Waals surface area contributed by atoms with Crippen LogP contribution in [0.2, 0.25) is 0 Å². The lowest BCUT2D eigenvalue weighted by Crippen LogP contribution is -2.34. The van der Waals surface area contributed by atoms with Gasteiger partial charge in [0.25, 0.3) is 0 Å². The number of hydrogen-bond acceptors (Lipinski definition) is 2. The summed E-state index contributed by atoms with van der Waals surface area (Å²) < 4.78 is 0. The second kappa shape index (κ2) is 8.45. The molecule has 0 aliphatic carbocycles. The Kier molecular flexibility index (Phi) is 7.96. The van der Waals surface area contributed by atoms with E-state index in [2.05, 4.69) is 6.92 Å². The Balaban J connectivity index is 3.55.